The molecule has 1 fully saturated rings. The van der Waals surface area contributed by atoms with Gasteiger partial charge >= 0.3 is 0 Å². The second-order valence-corrected chi connectivity index (χ2v) is 9.03. The molecule has 0 bridgehead atoms. The number of para-hydroxylation sites is 1. The van der Waals surface area contributed by atoms with E-state index in [2.05, 4.69) is 45.6 Å². The van der Waals surface area contributed by atoms with Crippen molar-refractivity contribution in [3.8, 4) is 9.88 Å². The Hall–Kier alpha value is -2.18. The summed E-state index contributed by atoms with van der Waals surface area (Å²) in [4.78, 5) is 22.9. The molecule has 3 aromatic rings. The van der Waals surface area contributed by atoms with Gasteiger partial charge in [0.1, 0.15) is 5.01 Å². The summed E-state index contributed by atoms with van der Waals surface area (Å²) in [6, 6.07) is 12.6. The maximum atomic E-state index is 12.8. The van der Waals surface area contributed by atoms with Crippen LogP contribution in [-0.4, -0.2) is 35.9 Å². The molecule has 4 rings (SSSR count). The number of rotatable bonds is 6. The van der Waals surface area contributed by atoms with Crippen molar-refractivity contribution in [2.24, 2.45) is 0 Å². The van der Waals surface area contributed by atoms with Crippen LogP contribution in [0.2, 0.25) is 0 Å². The number of benzene rings is 1. The van der Waals surface area contributed by atoms with Crippen molar-refractivity contribution in [1.82, 2.24) is 9.88 Å². The molecule has 1 aliphatic heterocycles. The third-order valence-electron chi connectivity index (χ3n) is 5.14. The van der Waals surface area contributed by atoms with Crippen LogP contribution in [0.15, 0.2) is 47.2 Å². The van der Waals surface area contributed by atoms with Crippen LogP contribution in [0.3, 0.4) is 0 Å². The smallest absolute Gasteiger partial charge is 0.228 e. The molecular formula is C22H25N3OS2. The molecule has 1 amide bonds. The van der Waals surface area contributed by atoms with Crippen molar-refractivity contribution in [2.75, 3.05) is 25.0 Å². The van der Waals surface area contributed by atoms with Gasteiger partial charge in [-0.2, -0.15) is 0 Å². The van der Waals surface area contributed by atoms with Gasteiger partial charge < -0.3 is 9.80 Å². The number of piperidine rings is 1. The van der Waals surface area contributed by atoms with E-state index < -0.39 is 0 Å². The highest BCUT2D eigenvalue weighted by atomic mass is 32.1. The summed E-state index contributed by atoms with van der Waals surface area (Å²) in [5, 5.41) is 5.05. The van der Waals surface area contributed by atoms with Crippen molar-refractivity contribution < 1.29 is 4.79 Å². The number of hydrogen-bond donors (Lipinski definition) is 0. The van der Waals surface area contributed by atoms with E-state index >= 15 is 0 Å². The molecule has 3 heterocycles. The minimum absolute atomic E-state index is 0.108. The highest BCUT2D eigenvalue weighted by Crippen LogP contribution is 2.28. The maximum absolute atomic E-state index is 12.8. The van der Waals surface area contributed by atoms with Gasteiger partial charge in [-0.05, 0) is 42.3 Å². The number of carbonyl (C=O) groups excluding carboxylic acids is 1. The molecule has 0 radical (unpaired) electrons. The summed E-state index contributed by atoms with van der Waals surface area (Å²) in [7, 11) is 1.89. The van der Waals surface area contributed by atoms with E-state index in [9.17, 15) is 4.79 Å². The van der Waals surface area contributed by atoms with Crippen LogP contribution >= 0.6 is 22.7 Å². The van der Waals surface area contributed by atoms with Gasteiger partial charge in [0.05, 0.1) is 17.0 Å². The Bertz CT molecular complexity index is 914. The lowest BCUT2D eigenvalue weighted by atomic mass is 10.1. The van der Waals surface area contributed by atoms with E-state index in [1.54, 1.807) is 22.7 Å². The third kappa shape index (κ3) is 4.45. The third-order valence-corrected chi connectivity index (χ3v) is 7.07. The summed E-state index contributed by atoms with van der Waals surface area (Å²) < 4.78 is 0. The monoisotopic (exact) mass is 411 g/mol. The van der Waals surface area contributed by atoms with Gasteiger partial charge in [0, 0.05) is 37.7 Å². The van der Waals surface area contributed by atoms with Crippen molar-refractivity contribution >= 4 is 34.3 Å². The summed E-state index contributed by atoms with van der Waals surface area (Å²) in [5.41, 5.74) is 3.35. The van der Waals surface area contributed by atoms with Gasteiger partial charge in [0.25, 0.3) is 0 Å². The molecule has 0 aliphatic carbocycles. The quantitative estimate of drug-likeness (QED) is 0.569. The number of hydrogen-bond acceptors (Lipinski definition) is 5. The molecule has 2 aromatic heterocycles. The second-order valence-electron chi connectivity index (χ2n) is 7.22. The molecule has 0 saturated carbocycles. The van der Waals surface area contributed by atoms with Crippen molar-refractivity contribution in [1.29, 1.82) is 0 Å². The van der Waals surface area contributed by atoms with Gasteiger partial charge in [0.15, 0.2) is 0 Å². The Morgan fingerprint density at radius 3 is 2.71 bits per heavy atom. The number of thiazole rings is 1. The Morgan fingerprint density at radius 2 is 1.93 bits per heavy atom. The van der Waals surface area contributed by atoms with Crippen LogP contribution in [-0.2, 0) is 17.8 Å². The van der Waals surface area contributed by atoms with E-state index in [0.29, 0.717) is 13.0 Å². The second kappa shape index (κ2) is 8.88. The van der Waals surface area contributed by atoms with Crippen LogP contribution in [0.1, 0.15) is 30.5 Å². The summed E-state index contributed by atoms with van der Waals surface area (Å²) >= 11 is 3.29. The number of anilines is 1. The predicted octanol–water partition coefficient (Wildman–Crippen LogP) is 5.06. The number of thiophene rings is 1. The Morgan fingerprint density at radius 1 is 1.11 bits per heavy atom. The van der Waals surface area contributed by atoms with Crippen LogP contribution in [0.25, 0.3) is 9.88 Å². The molecule has 146 valence electrons. The molecule has 0 unspecified atom stereocenters. The van der Waals surface area contributed by atoms with Gasteiger partial charge in [-0.25, -0.2) is 4.98 Å². The van der Waals surface area contributed by atoms with Gasteiger partial charge in [-0.3, -0.25) is 4.79 Å². The normalized spacial score (nSPS) is 14.2. The number of amides is 1. The molecule has 6 heteroatoms. The van der Waals surface area contributed by atoms with Crippen LogP contribution in [0.4, 0.5) is 5.69 Å². The fourth-order valence-corrected chi connectivity index (χ4v) is 5.26. The number of nitrogens with zero attached hydrogens (tertiary/aromatic N) is 3. The number of aromatic nitrogens is 1. The van der Waals surface area contributed by atoms with Gasteiger partial charge in [-0.1, -0.05) is 24.3 Å². The summed E-state index contributed by atoms with van der Waals surface area (Å²) in [6.45, 7) is 2.85. The SMILES string of the molecule is CN(Cc1ccccc1N1CCCCC1)C(=O)Cc1csc(-c2cccs2)n1. The number of carbonyl (C=O) groups is 1. The van der Waals surface area contributed by atoms with Crippen molar-refractivity contribution in [3.05, 3.63) is 58.4 Å². The average molecular weight is 412 g/mol. The first-order valence-electron chi connectivity index (χ1n) is 9.76. The zero-order valence-corrected chi connectivity index (χ0v) is 17.8. The highest BCUT2D eigenvalue weighted by Gasteiger charge is 2.18. The van der Waals surface area contributed by atoms with Gasteiger partial charge in [-0.15, -0.1) is 22.7 Å². The van der Waals surface area contributed by atoms with Crippen molar-refractivity contribution in [3.63, 3.8) is 0 Å². The lowest BCUT2D eigenvalue weighted by molar-refractivity contribution is -0.129. The predicted molar refractivity (Wildman–Crippen MR) is 118 cm³/mol. The minimum atomic E-state index is 0.108. The first-order valence-corrected chi connectivity index (χ1v) is 11.5. The average Bonchev–Trinajstić information content (AvgIpc) is 3.41. The zero-order chi connectivity index (χ0) is 19.3. The molecule has 1 aromatic carbocycles. The molecule has 0 spiro atoms. The lowest BCUT2D eigenvalue weighted by Crippen LogP contribution is -2.32. The summed E-state index contributed by atoms with van der Waals surface area (Å²) in [6.07, 6.45) is 4.17. The molecule has 0 atom stereocenters. The largest absolute Gasteiger partial charge is 0.371 e. The van der Waals surface area contributed by atoms with E-state index in [-0.39, 0.29) is 5.91 Å². The Balaban J connectivity index is 1.41. The Kier molecular flexibility index (Phi) is 6.07. The van der Waals surface area contributed by atoms with Crippen LogP contribution in [0.5, 0.6) is 0 Å². The topological polar surface area (TPSA) is 36.4 Å². The van der Waals surface area contributed by atoms with Crippen molar-refractivity contribution in [2.45, 2.75) is 32.2 Å². The fourth-order valence-electron chi connectivity index (χ4n) is 3.62. The molecule has 1 saturated heterocycles. The number of likely N-dealkylation sites (N-methyl/N-ethyl adjacent to an activating group) is 1. The van der Waals surface area contributed by atoms with Crippen LogP contribution < -0.4 is 4.90 Å². The molecular weight excluding hydrogens is 386 g/mol. The van der Waals surface area contributed by atoms with E-state index in [1.807, 2.05) is 23.4 Å². The molecule has 28 heavy (non-hydrogen) atoms. The highest BCUT2D eigenvalue weighted by molar-refractivity contribution is 7.20. The maximum Gasteiger partial charge on any atom is 0.228 e. The minimum Gasteiger partial charge on any atom is -0.371 e. The van der Waals surface area contributed by atoms with Gasteiger partial charge in [0.2, 0.25) is 5.91 Å². The summed E-state index contributed by atoms with van der Waals surface area (Å²) in [5.74, 6) is 0.108. The molecule has 4 nitrogen and oxygen atoms in total. The first-order chi connectivity index (χ1) is 13.7. The molecule has 1 aliphatic rings. The lowest BCUT2D eigenvalue weighted by Gasteiger charge is -2.31. The van der Waals surface area contributed by atoms with E-state index in [4.69, 9.17) is 0 Å². The molecule has 0 N–H and O–H groups in total. The first kappa shape index (κ1) is 19.2. The fraction of sp³-hybridized carbons (Fsp3) is 0.364. The standard InChI is InChI=1S/C22H25N3OS2/c1-24(15-17-8-3-4-9-19(17)25-11-5-2-6-12-25)21(26)14-18-16-28-22(23-18)20-10-7-13-27-20/h3-4,7-10,13,16H,2,5-6,11-12,14-15H2,1H3. The Labute approximate surface area is 174 Å². The van der Waals surface area contributed by atoms with E-state index in [1.165, 1.54) is 30.5 Å². The zero-order valence-electron chi connectivity index (χ0n) is 16.1. The van der Waals surface area contributed by atoms with Crippen LogP contribution in [0, 0.1) is 0 Å². The van der Waals surface area contributed by atoms with E-state index in [0.717, 1.165) is 28.7 Å².